The normalized spacial score (nSPS) is 13.5. The summed E-state index contributed by atoms with van der Waals surface area (Å²) in [5, 5.41) is 25.9. The number of carbonyl (C=O) groups is 5. The van der Waals surface area contributed by atoms with Crippen molar-refractivity contribution in [1.82, 2.24) is 16.0 Å². The fourth-order valence-electron chi connectivity index (χ4n) is 3.53. The number of carbonyl (C=O) groups excluding carboxylic acids is 3. The molecule has 41 heavy (non-hydrogen) atoms. The van der Waals surface area contributed by atoms with Crippen LogP contribution in [-0.4, -0.2) is 95.6 Å². The van der Waals surface area contributed by atoms with Crippen LogP contribution in [0.5, 0.6) is 0 Å². The van der Waals surface area contributed by atoms with Crippen LogP contribution in [0.25, 0.3) is 0 Å². The molecular formula is C23H45N11O7. The third kappa shape index (κ3) is 17.9. The molecule has 0 saturated heterocycles. The second kappa shape index (κ2) is 20.7. The third-order valence-electron chi connectivity index (χ3n) is 5.72. The molecule has 0 aliphatic carbocycles. The highest BCUT2D eigenvalue weighted by Crippen LogP contribution is 2.07. The van der Waals surface area contributed by atoms with Crippen molar-refractivity contribution in [3.05, 3.63) is 0 Å². The van der Waals surface area contributed by atoms with E-state index in [9.17, 15) is 29.1 Å². The highest BCUT2D eigenvalue weighted by molar-refractivity contribution is 5.94. The van der Waals surface area contributed by atoms with Gasteiger partial charge < -0.3 is 60.6 Å². The van der Waals surface area contributed by atoms with E-state index in [0.29, 0.717) is 25.8 Å². The zero-order valence-corrected chi connectivity index (χ0v) is 23.1. The van der Waals surface area contributed by atoms with E-state index in [1.807, 2.05) is 0 Å². The summed E-state index contributed by atoms with van der Waals surface area (Å²) < 4.78 is 0. The van der Waals surface area contributed by atoms with Gasteiger partial charge in [-0.25, -0.2) is 4.79 Å². The molecule has 0 bridgehead atoms. The number of hydrogen-bond donors (Lipinski definition) is 11. The van der Waals surface area contributed by atoms with Crippen molar-refractivity contribution in [3.63, 3.8) is 0 Å². The number of carboxylic acid groups (broad SMARTS) is 2. The average Bonchev–Trinajstić information content (AvgIpc) is 2.89. The standard InChI is InChI=1S/C23H45N11O7/c24-10-2-1-6-14(32-18(37)13(25)5-3-11-30-22(26)27)19(38)33-15(8-9-17(35)36)20(39)34-16(21(40)41)7-4-12-31-23(28)29/h13-16H,1-12,24-25H2,(H,32,37)(H,33,38)(H,34,39)(H,35,36)(H,40,41)(H4,26,27,30)(H4,28,29,31). The smallest absolute Gasteiger partial charge is 0.326 e. The monoisotopic (exact) mass is 587 g/mol. The number of rotatable bonds is 22. The number of aliphatic carboxylic acids is 2. The molecule has 0 aliphatic heterocycles. The van der Waals surface area contributed by atoms with Gasteiger partial charge in [0.15, 0.2) is 11.9 Å². The van der Waals surface area contributed by atoms with Crippen molar-refractivity contribution in [2.75, 3.05) is 19.6 Å². The van der Waals surface area contributed by atoms with Crippen LogP contribution in [-0.2, 0) is 24.0 Å². The van der Waals surface area contributed by atoms with Gasteiger partial charge in [-0.05, 0) is 57.9 Å². The van der Waals surface area contributed by atoms with Crippen LogP contribution >= 0.6 is 0 Å². The van der Waals surface area contributed by atoms with Gasteiger partial charge in [0.05, 0.1) is 6.04 Å². The van der Waals surface area contributed by atoms with E-state index in [-0.39, 0.29) is 57.1 Å². The van der Waals surface area contributed by atoms with E-state index in [4.69, 9.17) is 39.5 Å². The molecule has 0 saturated carbocycles. The number of nitrogens with two attached hydrogens (primary N) is 6. The quantitative estimate of drug-likeness (QED) is 0.0326. The van der Waals surface area contributed by atoms with Crippen molar-refractivity contribution < 1.29 is 34.2 Å². The Morgan fingerprint density at radius 3 is 1.59 bits per heavy atom. The molecule has 0 aromatic carbocycles. The van der Waals surface area contributed by atoms with Gasteiger partial charge in [0, 0.05) is 19.5 Å². The van der Waals surface area contributed by atoms with Gasteiger partial charge in [-0.3, -0.25) is 29.2 Å². The molecule has 0 radical (unpaired) electrons. The van der Waals surface area contributed by atoms with Gasteiger partial charge in [0.2, 0.25) is 17.7 Å². The Bertz CT molecular complexity index is 922. The summed E-state index contributed by atoms with van der Waals surface area (Å²) in [5.74, 6) is -5.14. The summed E-state index contributed by atoms with van der Waals surface area (Å²) >= 11 is 0. The molecule has 3 amide bonds. The molecule has 0 aromatic rings. The number of amides is 3. The highest BCUT2D eigenvalue weighted by Gasteiger charge is 2.30. The first kappa shape index (κ1) is 36.8. The Kier molecular flexibility index (Phi) is 18.6. The van der Waals surface area contributed by atoms with Crippen LogP contribution < -0.4 is 50.4 Å². The minimum Gasteiger partial charge on any atom is -0.481 e. The van der Waals surface area contributed by atoms with E-state index >= 15 is 0 Å². The maximum absolute atomic E-state index is 13.2. The van der Waals surface area contributed by atoms with Crippen LogP contribution in [0.1, 0.15) is 57.8 Å². The van der Waals surface area contributed by atoms with Crippen molar-refractivity contribution in [3.8, 4) is 0 Å². The number of aliphatic imine (C=N–C) groups is 2. The molecular weight excluding hydrogens is 542 g/mol. The first-order valence-electron chi connectivity index (χ1n) is 13.2. The Morgan fingerprint density at radius 2 is 1.10 bits per heavy atom. The van der Waals surface area contributed by atoms with Gasteiger partial charge in [0.25, 0.3) is 0 Å². The summed E-state index contributed by atoms with van der Waals surface area (Å²) in [6.45, 7) is 0.730. The molecule has 0 rings (SSSR count). The number of hydrogen-bond acceptors (Lipinski definition) is 9. The maximum atomic E-state index is 13.2. The number of nitrogens with zero attached hydrogens (tertiary/aromatic N) is 2. The summed E-state index contributed by atoms with van der Waals surface area (Å²) in [7, 11) is 0. The molecule has 234 valence electrons. The number of carboxylic acids is 2. The summed E-state index contributed by atoms with van der Waals surface area (Å²) in [5.41, 5.74) is 32.5. The number of unbranched alkanes of at least 4 members (excludes halogenated alkanes) is 1. The summed E-state index contributed by atoms with van der Waals surface area (Å²) in [6, 6.07) is -4.85. The van der Waals surface area contributed by atoms with Crippen molar-refractivity contribution in [2.24, 2.45) is 44.4 Å². The summed E-state index contributed by atoms with van der Waals surface area (Å²) in [4.78, 5) is 69.2. The van der Waals surface area contributed by atoms with E-state index in [0.717, 1.165) is 0 Å². The Hall–Kier alpha value is -4.19. The average molecular weight is 588 g/mol. The molecule has 0 fully saturated rings. The van der Waals surface area contributed by atoms with Gasteiger partial charge in [-0.15, -0.1) is 0 Å². The Balaban J connectivity index is 5.53. The number of nitrogens with one attached hydrogen (secondary N) is 3. The lowest BCUT2D eigenvalue weighted by Crippen LogP contribution is -2.57. The number of guanidine groups is 2. The zero-order chi connectivity index (χ0) is 31.4. The molecule has 4 unspecified atom stereocenters. The molecule has 4 atom stereocenters. The fraction of sp³-hybridized carbons (Fsp3) is 0.696. The van der Waals surface area contributed by atoms with E-state index < -0.39 is 60.2 Å². The highest BCUT2D eigenvalue weighted by atomic mass is 16.4. The largest absolute Gasteiger partial charge is 0.481 e. The predicted octanol–water partition coefficient (Wildman–Crippen LogP) is -4.05. The van der Waals surface area contributed by atoms with E-state index in [1.54, 1.807) is 0 Å². The van der Waals surface area contributed by atoms with E-state index in [2.05, 4.69) is 25.9 Å². The van der Waals surface area contributed by atoms with Crippen molar-refractivity contribution in [2.45, 2.75) is 82.0 Å². The van der Waals surface area contributed by atoms with Crippen LogP contribution in [0.2, 0.25) is 0 Å². The Morgan fingerprint density at radius 1 is 0.634 bits per heavy atom. The molecule has 18 nitrogen and oxygen atoms in total. The lowest BCUT2D eigenvalue weighted by atomic mass is 10.0. The SMILES string of the molecule is NCCCCC(NC(=O)C(N)CCCN=C(N)N)C(=O)NC(CCC(=O)O)C(=O)NC(CCCN=C(N)N)C(=O)O. The second-order valence-corrected chi connectivity index (χ2v) is 9.24. The molecule has 0 spiro atoms. The second-order valence-electron chi connectivity index (χ2n) is 9.24. The van der Waals surface area contributed by atoms with Gasteiger partial charge in [0.1, 0.15) is 18.1 Å². The minimum absolute atomic E-state index is 0.0315. The summed E-state index contributed by atoms with van der Waals surface area (Å²) in [6.07, 6.45) is 1.16. The van der Waals surface area contributed by atoms with Crippen molar-refractivity contribution >= 4 is 41.6 Å². The van der Waals surface area contributed by atoms with Gasteiger partial charge in [-0.1, -0.05) is 0 Å². The maximum Gasteiger partial charge on any atom is 0.326 e. The van der Waals surface area contributed by atoms with Crippen molar-refractivity contribution in [1.29, 1.82) is 0 Å². The molecule has 18 heteroatoms. The van der Waals surface area contributed by atoms with Gasteiger partial charge >= 0.3 is 11.9 Å². The first-order valence-corrected chi connectivity index (χ1v) is 13.2. The Labute approximate surface area is 238 Å². The van der Waals surface area contributed by atoms with Crippen LogP contribution in [0.4, 0.5) is 0 Å². The molecule has 0 aromatic heterocycles. The molecule has 17 N–H and O–H groups in total. The van der Waals surface area contributed by atoms with Gasteiger partial charge in [-0.2, -0.15) is 0 Å². The van der Waals surface area contributed by atoms with Crippen LogP contribution in [0, 0.1) is 0 Å². The first-order chi connectivity index (χ1) is 19.3. The molecule has 0 aliphatic rings. The van der Waals surface area contributed by atoms with E-state index in [1.165, 1.54) is 0 Å². The molecule has 0 heterocycles. The lowest BCUT2D eigenvalue weighted by molar-refractivity contribution is -0.143. The minimum atomic E-state index is -1.40. The zero-order valence-electron chi connectivity index (χ0n) is 23.1. The lowest BCUT2D eigenvalue weighted by Gasteiger charge is -2.25. The van der Waals surface area contributed by atoms with Crippen LogP contribution in [0.15, 0.2) is 9.98 Å². The fourth-order valence-corrected chi connectivity index (χ4v) is 3.53. The topological polar surface area (TPSA) is 343 Å². The third-order valence-corrected chi connectivity index (χ3v) is 5.72. The predicted molar refractivity (Wildman–Crippen MR) is 151 cm³/mol. The van der Waals surface area contributed by atoms with Crippen LogP contribution in [0.3, 0.4) is 0 Å².